The molecule has 0 aliphatic heterocycles. The maximum atomic E-state index is 12.5. The van der Waals surface area contributed by atoms with Crippen molar-refractivity contribution in [3.8, 4) is 11.5 Å². The first-order valence-corrected chi connectivity index (χ1v) is 12.1. The molecule has 0 aliphatic carbocycles. The SMILES string of the molecule is CCCOC(=O)Oc1ccc(C[C@H](N)C(=O)O[C@@H](C)[C@H](C)OC(=O)CCC)cc1OC(=O)OCCC. The molecule has 0 heterocycles. The minimum absolute atomic E-state index is 0.0243. The summed E-state index contributed by atoms with van der Waals surface area (Å²) < 4.78 is 30.7. The maximum Gasteiger partial charge on any atom is 0.513 e. The van der Waals surface area contributed by atoms with Crippen LogP contribution in [0.5, 0.6) is 11.5 Å². The molecule has 0 aliphatic rings. The highest BCUT2D eigenvalue weighted by atomic mass is 16.7. The van der Waals surface area contributed by atoms with Crippen molar-refractivity contribution in [2.45, 2.75) is 85.0 Å². The van der Waals surface area contributed by atoms with Gasteiger partial charge >= 0.3 is 24.2 Å². The molecule has 0 bridgehead atoms. The Morgan fingerprint density at radius 2 is 1.36 bits per heavy atom. The molecule has 3 atom stereocenters. The van der Waals surface area contributed by atoms with Gasteiger partial charge < -0.3 is 34.2 Å². The smallest absolute Gasteiger partial charge is 0.459 e. The molecule has 0 amide bonds. The quantitative estimate of drug-likeness (QED) is 0.219. The Bertz CT molecular complexity index is 872. The third kappa shape index (κ3) is 11.4. The summed E-state index contributed by atoms with van der Waals surface area (Å²) in [5.74, 6) is -1.24. The van der Waals surface area contributed by atoms with E-state index in [1.807, 2.05) is 20.8 Å². The Balaban J connectivity index is 2.89. The van der Waals surface area contributed by atoms with Crippen molar-refractivity contribution in [1.29, 1.82) is 0 Å². The van der Waals surface area contributed by atoms with E-state index in [2.05, 4.69) is 0 Å². The van der Waals surface area contributed by atoms with Gasteiger partial charge in [-0.05, 0) is 57.2 Å². The molecule has 202 valence electrons. The van der Waals surface area contributed by atoms with Crippen molar-refractivity contribution in [3.05, 3.63) is 23.8 Å². The van der Waals surface area contributed by atoms with E-state index in [4.69, 9.17) is 34.2 Å². The molecule has 1 aromatic rings. The molecule has 1 rings (SSSR count). The number of carbonyl (C=O) groups is 4. The van der Waals surface area contributed by atoms with Crippen LogP contribution in [0.1, 0.15) is 65.9 Å². The van der Waals surface area contributed by atoms with Crippen molar-refractivity contribution in [2.24, 2.45) is 5.73 Å². The van der Waals surface area contributed by atoms with E-state index in [0.29, 0.717) is 24.8 Å². The third-order valence-corrected chi connectivity index (χ3v) is 4.74. The number of ether oxygens (including phenoxy) is 6. The Labute approximate surface area is 211 Å². The summed E-state index contributed by atoms with van der Waals surface area (Å²) in [4.78, 5) is 48.0. The predicted octanol–water partition coefficient (Wildman–Crippen LogP) is 4.07. The van der Waals surface area contributed by atoms with Gasteiger partial charge in [-0.3, -0.25) is 9.59 Å². The molecule has 11 nitrogen and oxygen atoms in total. The normalized spacial score (nSPS) is 13.1. The number of carbonyl (C=O) groups excluding carboxylic acids is 4. The third-order valence-electron chi connectivity index (χ3n) is 4.74. The van der Waals surface area contributed by atoms with Gasteiger partial charge in [0.25, 0.3) is 0 Å². The zero-order valence-corrected chi connectivity index (χ0v) is 21.6. The minimum atomic E-state index is -1.06. The molecule has 0 saturated heterocycles. The van der Waals surface area contributed by atoms with Crippen molar-refractivity contribution in [1.82, 2.24) is 0 Å². The van der Waals surface area contributed by atoms with Crippen LogP contribution in [0.2, 0.25) is 0 Å². The highest BCUT2D eigenvalue weighted by Crippen LogP contribution is 2.30. The van der Waals surface area contributed by atoms with E-state index in [0.717, 1.165) is 0 Å². The number of hydrogen-bond acceptors (Lipinski definition) is 11. The fourth-order valence-electron chi connectivity index (χ4n) is 2.72. The van der Waals surface area contributed by atoms with Crippen LogP contribution in [0.3, 0.4) is 0 Å². The standard InChI is InChI=1S/C25H37NO10/c1-6-9-22(27)33-16(4)17(5)34-23(28)19(26)14-18-10-11-20(35-24(29)31-12-7-2)21(15-18)36-25(30)32-13-8-3/h10-11,15-17,19H,6-9,12-14,26H2,1-5H3/t16-,17-,19-/m0/s1. The summed E-state index contributed by atoms with van der Waals surface area (Å²) in [6.07, 6.45) is -1.14. The Kier molecular flexibility index (Phi) is 13.9. The van der Waals surface area contributed by atoms with Crippen LogP contribution >= 0.6 is 0 Å². The van der Waals surface area contributed by atoms with Gasteiger partial charge in [-0.15, -0.1) is 0 Å². The monoisotopic (exact) mass is 511 g/mol. The van der Waals surface area contributed by atoms with Crippen LogP contribution in [-0.2, 0) is 35.0 Å². The van der Waals surface area contributed by atoms with Crippen molar-refractivity contribution in [3.63, 3.8) is 0 Å². The highest BCUT2D eigenvalue weighted by molar-refractivity contribution is 5.76. The van der Waals surface area contributed by atoms with Gasteiger partial charge in [0.05, 0.1) is 13.2 Å². The summed E-state index contributed by atoms with van der Waals surface area (Å²) in [7, 11) is 0. The molecule has 0 unspecified atom stereocenters. The molecule has 0 fully saturated rings. The summed E-state index contributed by atoms with van der Waals surface area (Å²) in [5.41, 5.74) is 6.52. The number of esters is 2. The summed E-state index contributed by atoms with van der Waals surface area (Å²) in [6, 6.07) is 3.29. The zero-order valence-electron chi connectivity index (χ0n) is 21.6. The van der Waals surface area contributed by atoms with Crippen molar-refractivity contribution < 1.29 is 47.6 Å². The first-order chi connectivity index (χ1) is 17.1. The second-order valence-electron chi connectivity index (χ2n) is 8.08. The van der Waals surface area contributed by atoms with E-state index < -0.39 is 36.5 Å². The minimum Gasteiger partial charge on any atom is -0.459 e. The topological polar surface area (TPSA) is 150 Å². The number of benzene rings is 1. The second kappa shape index (κ2) is 16.4. The van der Waals surface area contributed by atoms with Gasteiger partial charge in [0.15, 0.2) is 11.5 Å². The van der Waals surface area contributed by atoms with Crippen molar-refractivity contribution in [2.75, 3.05) is 13.2 Å². The van der Waals surface area contributed by atoms with E-state index in [-0.39, 0.29) is 43.5 Å². The van der Waals surface area contributed by atoms with Gasteiger partial charge in [0.1, 0.15) is 18.2 Å². The first-order valence-electron chi connectivity index (χ1n) is 12.1. The molecule has 11 heteroatoms. The van der Waals surface area contributed by atoms with Gasteiger partial charge in [-0.2, -0.15) is 0 Å². The van der Waals surface area contributed by atoms with Crippen LogP contribution < -0.4 is 15.2 Å². The zero-order chi connectivity index (χ0) is 27.1. The van der Waals surface area contributed by atoms with E-state index in [9.17, 15) is 19.2 Å². The lowest BCUT2D eigenvalue weighted by Crippen LogP contribution is -2.39. The van der Waals surface area contributed by atoms with Gasteiger partial charge in [0, 0.05) is 6.42 Å². The van der Waals surface area contributed by atoms with Crippen LogP contribution in [-0.4, -0.2) is 55.7 Å². The van der Waals surface area contributed by atoms with Crippen LogP contribution in [0.4, 0.5) is 9.59 Å². The summed E-state index contributed by atoms with van der Waals surface area (Å²) in [6.45, 7) is 9.05. The first kappa shape index (κ1) is 30.7. The number of nitrogens with two attached hydrogens (primary N) is 1. The molecule has 2 N–H and O–H groups in total. The molecule has 0 spiro atoms. The molecular weight excluding hydrogens is 474 g/mol. The summed E-state index contributed by atoms with van der Waals surface area (Å²) in [5, 5.41) is 0. The Morgan fingerprint density at radius 1 is 0.806 bits per heavy atom. The second-order valence-corrected chi connectivity index (χ2v) is 8.08. The maximum absolute atomic E-state index is 12.5. The summed E-state index contributed by atoms with van der Waals surface area (Å²) >= 11 is 0. The number of hydrogen-bond donors (Lipinski definition) is 1. The average molecular weight is 512 g/mol. The Hall–Kier alpha value is -3.34. The molecule has 36 heavy (non-hydrogen) atoms. The molecular formula is C25H37NO10. The fraction of sp³-hybridized carbons (Fsp3) is 0.600. The lowest BCUT2D eigenvalue weighted by molar-refractivity contribution is -0.166. The van der Waals surface area contributed by atoms with Gasteiger partial charge in [-0.25, -0.2) is 9.59 Å². The molecule has 0 aromatic heterocycles. The van der Waals surface area contributed by atoms with Gasteiger partial charge in [0.2, 0.25) is 0 Å². The average Bonchev–Trinajstić information content (AvgIpc) is 2.82. The lowest BCUT2D eigenvalue weighted by Gasteiger charge is -2.22. The van der Waals surface area contributed by atoms with Crippen LogP contribution in [0, 0.1) is 0 Å². The highest BCUT2D eigenvalue weighted by Gasteiger charge is 2.25. The molecule has 0 saturated carbocycles. The largest absolute Gasteiger partial charge is 0.513 e. The van der Waals surface area contributed by atoms with E-state index in [1.54, 1.807) is 19.9 Å². The van der Waals surface area contributed by atoms with Crippen molar-refractivity contribution >= 4 is 24.2 Å². The van der Waals surface area contributed by atoms with E-state index in [1.165, 1.54) is 12.1 Å². The molecule has 0 radical (unpaired) electrons. The Morgan fingerprint density at radius 3 is 1.92 bits per heavy atom. The van der Waals surface area contributed by atoms with Crippen LogP contribution in [0.25, 0.3) is 0 Å². The molecule has 1 aromatic carbocycles. The van der Waals surface area contributed by atoms with Gasteiger partial charge in [-0.1, -0.05) is 26.8 Å². The number of rotatable bonds is 14. The fourth-order valence-corrected chi connectivity index (χ4v) is 2.72. The van der Waals surface area contributed by atoms with Crippen LogP contribution in [0.15, 0.2) is 18.2 Å². The predicted molar refractivity (Wildman–Crippen MR) is 129 cm³/mol. The lowest BCUT2D eigenvalue weighted by atomic mass is 10.1. The van der Waals surface area contributed by atoms with E-state index >= 15 is 0 Å².